The molecule has 0 spiro atoms. The first-order valence-corrected chi connectivity index (χ1v) is 7.64. The molecule has 3 atom stereocenters. The predicted molar refractivity (Wildman–Crippen MR) is 71.4 cm³/mol. The zero-order valence-electron chi connectivity index (χ0n) is 11.9. The second-order valence-electron chi connectivity index (χ2n) is 6.47. The molecule has 0 aromatic carbocycles. The highest BCUT2D eigenvalue weighted by Gasteiger charge is 2.27. The van der Waals surface area contributed by atoms with Crippen molar-refractivity contribution in [3.63, 3.8) is 0 Å². The summed E-state index contributed by atoms with van der Waals surface area (Å²) in [7, 11) is 0. The first-order valence-electron chi connectivity index (χ1n) is 7.64. The van der Waals surface area contributed by atoms with Crippen LogP contribution in [0.4, 0.5) is 0 Å². The first kappa shape index (κ1) is 13.9. The third-order valence-corrected chi connectivity index (χ3v) is 4.77. The van der Waals surface area contributed by atoms with E-state index in [-0.39, 0.29) is 5.97 Å². The van der Waals surface area contributed by atoms with Crippen LogP contribution in [0.1, 0.15) is 46.0 Å². The van der Waals surface area contributed by atoms with Crippen LogP contribution in [0.15, 0.2) is 0 Å². The van der Waals surface area contributed by atoms with E-state index in [0.29, 0.717) is 25.0 Å². The van der Waals surface area contributed by atoms with E-state index in [1.807, 2.05) is 0 Å². The average Bonchev–Trinajstić information content (AvgIpc) is 2.80. The monoisotopic (exact) mass is 254 g/mol. The third-order valence-electron chi connectivity index (χ3n) is 4.77. The Morgan fingerprint density at radius 2 is 1.94 bits per heavy atom. The van der Waals surface area contributed by atoms with Gasteiger partial charge in [-0.15, -0.1) is 0 Å². The molecule has 1 heterocycles. The summed E-state index contributed by atoms with van der Waals surface area (Å²) in [6, 6.07) is 0. The zero-order valence-corrected chi connectivity index (χ0v) is 11.9. The summed E-state index contributed by atoms with van der Waals surface area (Å²) in [4.78, 5) is 13.2. The molecule has 1 saturated heterocycles. The summed E-state index contributed by atoms with van der Waals surface area (Å²) in [5.41, 5.74) is 0. The van der Waals surface area contributed by atoms with Crippen molar-refractivity contribution in [3.8, 4) is 0 Å². The number of esters is 1. The van der Waals surface area contributed by atoms with Crippen LogP contribution in [-0.4, -0.2) is 32.2 Å². The molecule has 104 valence electrons. The van der Waals surface area contributed by atoms with Crippen molar-refractivity contribution in [1.29, 1.82) is 0 Å². The molecule has 3 nitrogen and oxygen atoms in total. The highest BCUT2D eigenvalue weighted by molar-refractivity contribution is 5.70. The Labute approximate surface area is 111 Å². The summed E-state index contributed by atoms with van der Waals surface area (Å²) < 4.78 is 5.49. The number of quaternary nitrogens is 1. The van der Waals surface area contributed by atoms with Gasteiger partial charge in [0.15, 0.2) is 6.54 Å². The Morgan fingerprint density at radius 1 is 1.22 bits per heavy atom. The molecule has 1 aliphatic heterocycles. The minimum Gasteiger partial charge on any atom is -0.461 e. The van der Waals surface area contributed by atoms with Crippen LogP contribution < -0.4 is 4.90 Å². The van der Waals surface area contributed by atoms with E-state index in [0.717, 1.165) is 19.0 Å². The van der Waals surface area contributed by atoms with Crippen LogP contribution in [0, 0.1) is 17.8 Å². The molecule has 2 rings (SSSR count). The molecule has 1 saturated carbocycles. The Hall–Kier alpha value is -0.570. The molecule has 0 amide bonds. The molecule has 0 unspecified atom stereocenters. The van der Waals surface area contributed by atoms with Crippen molar-refractivity contribution in [2.24, 2.45) is 17.8 Å². The molecule has 3 heteroatoms. The number of nitrogens with one attached hydrogen (secondary N) is 1. The predicted octanol–water partition coefficient (Wildman–Crippen LogP) is 1.28. The van der Waals surface area contributed by atoms with Gasteiger partial charge in [-0.05, 0) is 30.6 Å². The number of carbonyl (C=O) groups excluding carboxylic acids is 1. The van der Waals surface area contributed by atoms with Gasteiger partial charge in [-0.1, -0.05) is 20.3 Å². The number of hydrogen-bond acceptors (Lipinski definition) is 2. The van der Waals surface area contributed by atoms with Crippen LogP contribution in [0.25, 0.3) is 0 Å². The summed E-state index contributed by atoms with van der Waals surface area (Å²) in [6.07, 6.45) is 6.34. The van der Waals surface area contributed by atoms with Gasteiger partial charge < -0.3 is 9.64 Å². The SMILES string of the molecule is C[C@@H]1CC[C@@H](COC(=O)C[NH+]2CCCC2)[C@@H](C)C1. The van der Waals surface area contributed by atoms with Gasteiger partial charge in [-0.2, -0.15) is 0 Å². The molecule has 0 aromatic rings. The van der Waals surface area contributed by atoms with Crippen LogP contribution >= 0.6 is 0 Å². The van der Waals surface area contributed by atoms with Gasteiger partial charge in [0.25, 0.3) is 0 Å². The second-order valence-corrected chi connectivity index (χ2v) is 6.47. The average molecular weight is 254 g/mol. The Kier molecular flexibility index (Phi) is 5.04. The minimum absolute atomic E-state index is 0.0118. The summed E-state index contributed by atoms with van der Waals surface area (Å²) in [5, 5.41) is 0. The molecule has 2 fully saturated rings. The number of ether oxygens (including phenoxy) is 1. The maximum Gasteiger partial charge on any atom is 0.361 e. The molecule has 18 heavy (non-hydrogen) atoms. The van der Waals surface area contributed by atoms with E-state index in [1.54, 1.807) is 0 Å². The molecule has 1 aliphatic carbocycles. The van der Waals surface area contributed by atoms with Gasteiger partial charge in [0.2, 0.25) is 0 Å². The van der Waals surface area contributed by atoms with Crippen LogP contribution in [0.3, 0.4) is 0 Å². The summed E-state index contributed by atoms with van der Waals surface area (Å²) in [6.45, 7) is 8.16. The normalized spacial score (nSPS) is 33.6. The van der Waals surface area contributed by atoms with Crippen LogP contribution in [0.2, 0.25) is 0 Å². The quantitative estimate of drug-likeness (QED) is 0.766. The van der Waals surface area contributed by atoms with Crippen LogP contribution in [0.5, 0.6) is 0 Å². The summed E-state index contributed by atoms with van der Waals surface area (Å²) >= 11 is 0. The molecular formula is C15H28NO2+. The molecule has 0 aromatic heterocycles. The fraction of sp³-hybridized carbons (Fsp3) is 0.933. The van der Waals surface area contributed by atoms with Crippen LogP contribution in [-0.2, 0) is 9.53 Å². The Bertz CT molecular complexity index is 274. The Balaban J connectivity index is 1.65. The number of rotatable bonds is 4. The maximum atomic E-state index is 11.8. The van der Waals surface area contributed by atoms with Gasteiger partial charge in [-0.3, -0.25) is 0 Å². The van der Waals surface area contributed by atoms with E-state index in [4.69, 9.17) is 4.74 Å². The van der Waals surface area contributed by atoms with Gasteiger partial charge >= 0.3 is 5.97 Å². The van der Waals surface area contributed by atoms with Crippen molar-refractivity contribution in [2.75, 3.05) is 26.2 Å². The fourth-order valence-electron chi connectivity index (χ4n) is 3.48. The smallest absolute Gasteiger partial charge is 0.361 e. The van der Waals surface area contributed by atoms with Crippen molar-refractivity contribution in [1.82, 2.24) is 0 Å². The lowest BCUT2D eigenvalue weighted by molar-refractivity contribution is -0.879. The van der Waals surface area contributed by atoms with Crippen molar-refractivity contribution < 1.29 is 14.4 Å². The first-order chi connectivity index (χ1) is 8.65. The fourth-order valence-corrected chi connectivity index (χ4v) is 3.48. The Morgan fingerprint density at radius 3 is 2.61 bits per heavy atom. The van der Waals surface area contributed by atoms with Crippen molar-refractivity contribution >= 4 is 5.97 Å². The second kappa shape index (κ2) is 6.55. The number of likely N-dealkylation sites (tertiary alicyclic amines) is 1. The van der Waals surface area contributed by atoms with Gasteiger partial charge in [0.05, 0.1) is 19.7 Å². The number of carbonyl (C=O) groups is 1. The van der Waals surface area contributed by atoms with Gasteiger partial charge in [-0.25, -0.2) is 4.79 Å². The maximum absolute atomic E-state index is 11.8. The van der Waals surface area contributed by atoms with E-state index in [2.05, 4.69) is 13.8 Å². The van der Waals surface area contributed by atoms with E-state index < -0.39 is 0 Å². The van der Waals surface area contributed by atoms with E-state index in [1.165, 1.54) is 37.0 Å². The molecule has 0 bridgehead atoms. The van der Waals surface area contributed by atoms with E-state index in [9.17, 15) is 4.79 Å². The summed E-state index contributed by atoms with van der Waals surface area (Å²) in [5.74, 6) is 2.16. The molecule has 2 aliphatic rings. The third kappa shape index (κ3) is 3.98. The standard InChI is InChI=1S/C15H27NO2/c1-12-5-6-14(13(2)9-12)11-18-15(17)10-16-7-3-4-8-16/h12-14H,3-11H2,1-2H3/p+1/t12-,13+,14+/m1/s1. The van der Waals surface area contributed by atoms with Gasteiger partial charge in [0.1, 0.15) is 0 Å². The number of hydrogen-bond donors (Lipinski definition) is 1. The molecular weight excluding hydrogens is 226 g/mol. The van der Waals surface area contributed by atoms with E-state index >= 15 is 0 Å². The topological polar surface area (TPSA) is 30.7 Å². The van der Waals surface area contributed by atoms with Crippen molar-refractivity contribution in [2.45, 2.75) is 46.0 Å². The zero-order chi connectivity index (χ0) is 13.0. The van der Waals surface area contributed by atoms with Crippen molar-refractivity contribution in [3.05, 3.63) is 0 Å². The highest BCUT2D eigenvalue weighted by atomic mass is 16.5. The minimum atomic E-state index is 0.0118. The highest BCUT2D eigenvalue weighted by Crippen LogP contribution is 2.33. The molecule has 1 N–H and O–H groups in total. The van der Waals surface area contributed by atoms with Gasteiger partial charge in [0, 0.05) is 12.8 Å². The lowest BCUT2D eigenvalue weighted by Gasteiger charge is -2.32. The lowest BCUT2D eigenvalue weighted by atomic mass is 9.76. The molecule has 0 radical (unpaired) electrons. The lowest BCUT2D eigenvalue weighted by Crippen LogP contribution is -3.11. The largest absolute Gasteiger partial charge is 0.461 e.